The molecule has 0 spiro atoms. The average molecular weight is 267 g/mol. The molecule has 1 fully saturated rings. The number of ether oxygens (including phenoxy) is 1. The van der Waals surface area contributed by atoms with Gasteiger partial charge in [0.2, 0.25) is 0 Å². The first kappa shape index (κ1) is 14.0. The van der Waals surface area contributed by atoms with E-state index in [9.17, 15) is 9.18 Å². The second kappa shape index (κ2) is 5.67. The van der Waals surface area contributed by atoms with Crippen LogP contribution in [0.2, 0.25) is 0 Å². The zero-order chi connectivity index (χ0) is 14.0. The van der Waals surface area contributed by atoms with E-state index in [0.717, 1.165) is 5.56 Å². The third-order valence-electron chi connectivity index (χ3n) is 3.60. The van der Waals surface area contributed by atoms with E-state index in [2.05, 4.69) is 0 Å². The number of hydrogen-bond acceptors (Lipinski definition) is 3. The van der Waals surface area contributed by atoms with E-state index in [-0.39, 0.29) is 18.5 Å². The molecule has 2 atom stereocenters. The topological polar surface area (TPSA) is 49.8 Å². The molecule has 19 heavy (non-hydrogen) atoms. The smallest absolute Gasteiger partial charge is 0.310 e. The molecule has 0 radical (unpaired) electrons. The first-order valence-corrected chi connectivity index (χ1v) is 6.25. The summed E-state index contributed by atoms with van der Waals surface area (Å²) in [7, 11) is 1.84. The van der Waals surface area contributed by atoms with Crippen LogP contribution in [-0.4, -0.2) is 42.3 Å². The Morgan fingerprint density at radius 3 is 2.89 bits per heavy atom. The molecule has 1 aromatic carbocycles. The molecule has 1 heterocycles. The monoisotopic (exact) mass is 267 g/mol. The normalized spacial score (nSPS) is 22.9. The van der Waals surface area contributed by atoms with Gasteiger partial charge in [0.25, 0.3) is 0 Å². The number of carbonyl (C=O) groups is 1. The van der Waals surface area contributed by atoms with Crippen LogP contribution in [0.15, 0.2) is 18.2 Å². The van der Waals surface area contributed by atoms with Crippen LogP contribution < -0.4 is 0 Å². The Morgan fingerprint density at radius 2 is 2.26 bits per heavy atom. The summed E-state index contributed by atoms with van der Waals surface area (Å²) >= 11 is 0. The van der Waals surface area contributed by atoms with Gasteiger partial charge >= 0.3 is 5.97 Å². The molecule has 0 aromatic heterocycles. The molecule has 0 bridgehead atoms. The number of carboxylic acid groups (broad SMARTS) is 1. The van der Waals surface area contributed by atoms with Gasteiger partial charge in [-0.25, -0.2) is 4.39 Å². The number of hydrogen-bond donors (Lipinski definition) is 1. The predicted molar refractivity (Wildman–Crippen MR) is 68.3 cm³/mol. The van der Waals surface area contributed by atoms with Gasteiger partial charge in [0.1, 0.15) is 5.82 Å². The fourth-order valence-electron chi connectivity index (χ4n) is 2.35. The summed E-state index contributed by atoms with van der Waals surface area (Å²) in [6, 6.07) is 4.93. The van der Waals surface area contributed by atoms with E-state index in [0.29, 0.717) is 18.7 Å². The van der Waals surface area contributed by atoms with E-state index >= 15 is 0 Å². The van der Waals surface area contributed by atoms with Gasteiger partial charge < -0.3 is 9.84 Å². The number of rotatable bonds is 4. The van der Waals surface area contributed by atoms with Crippen molar-refractivity contribution in [1.29, 1.82) is 0 Å². The second-order valence-corrected chi connectivity index (χ2v) is 5.05. The van der Waals surface area contributed by atoms with Gasteiger partial charge in [0, 0.05) is 12.6 Å². The van der Waals surface area contributed by atoms with Crippen molar-refractivity contribution in [3.05, 3.63) is 35.1 Å². The Bertz CT molecular complexity index is 478. The number of aliphatic carboxylic acids is 1. The highest BCUT2D eigenvalue weighted by Crippen LogP contribution is 2.21. The number of likely N-dealkylation sites (N-methyl/N-ethyl adjacent to an activating group) is 1. The molecule has 1 N–H and O–H groups in total. The Labute approximate surface area is 111 Å². The van der Waals surface area contributed by atoms with Gasteiger partial charge in [-0.05, 0) is 31.2 Å². The second-order valence-electron chi connectivity index (χ2n) is 5.05. The molecule has 5 heteroatoms. The van der Waals surface area contributed by atoms with Crippen LogP contribution in [0.25, 0.3) is 0 Å². The molecule has 1 aliphatic rings. The molecule has 0 aliphatic carbocycles. The molecule has 0 saturated carbocycles. The predicted octanol–water partition coefficient (Wildman–Crippen LogP) is 1.67. The highest BCUT2D eigenvalue weighted by Gasteiger charge is 2.36. The molecule has 1 saturated heterocycles. The summed E-state index contributed by atoms with van der Waals surface area (Å²) in [5, 5.41) is 9.11. The maximum atomic E-state index is 13.5. The van der Waals surface area contributed by atoms with Gasteiger partial charge in [0.05, 0.1) is 19.1 Å². The molecular weight excluding hydrogens is 249 g/mol. The van der Waals surface area contributed by atoms with Gasteiger partial charge in [-0.1, -0.05) is 12.1 Å². The highest BCUT2D eigenvalue weighted by molar-refractivity contribution is 5.71. The van der Waals surface area contributed by atoms with Crippen LogP contribution >= 0.6 is 0 Å². The summed E-state index contributed by atoms with van der Waals surface area (Å²) in [5.41, 5.74) is 1.45. The zero-order valence-electron chi connectivity index (χ0n) is 11.1. The van der Waals surface area contributed by atoms with Crippen LogP contribution in [-0.2, 0) is 16.1 Å². The lowest BCUT2D eigenvalue weighted by Gasteiger charge is -2.26. The maximum Gasteiger partial charge on any atom is 0.310 e. The fourth-order valence-corrected chi connectivity index (χ4v) is 2.35. The number of aryl methyl sites for hydroxylation is 1. The van der Waals surface area contributed by atoms with Crippen molar-refractivity contribution in [1.82, 2.24) is 4.90 Å². The van der Waals surface area contributed by atoms with Crippen LogP contribution in [0.4, 0.5) is 4.39 Å². The number of benzene rings is 1. The molecule has 2 unspecified atom stereocenters. The SMILES string of the molecule is Cc1ccc(CN(C)C2COCC2C(=O)O)cc1F. The van der Waals surface area contributed by atoms with Gasteiger partial charge in [-0.15, -0.1) is 0 Å². The number of nitrogens with zero attached hydrogens (tertiary/aromatic N) is 1. The van der Waals surface area contributed by atoms with Gasteiger partial charge in [-0.2, -0.15) is 0 Å². The Balaban J connectivity index is 2.05. The van der Waals surface area contributed by atoms with Crippen molar-refractivity contribution in [3.8, 4) is 0 Å². The quantitative estimate of drug-likeness (QED) is 0.901. The van der Waals surface area contributed by atoms with E-state index < -0.39 is 11.9 Å². The third-order valence-corrected chi connectivity index (χ3v) is 3.60. The lowest BCUT2D eigenvalue weighted by Crippen LogP contribution is -2.40. The van der Waals surface area contributed by atoms with Crippen molar-refractivity contribution in [2.75, 3.05) is 20.3 Å². The largest absolute Gasteiger partial charge is 0.481 e. The summed E-state index contributed by atoms with van der Waals surface area (Å²) in [5.74, 6) is -1.59. The van der Waals surface area contributed by atoms with Gasteiger partial charge in [0.15, 0.2) is 0 Å². The minimum atomic E-state index is -0.843. The summed E-state index contributed by atoms with van der Waals surface area (Å²) < 4.78 is 18.7. The van der Waals surface area contributed by atoms with Crippen LogP contribution in [0.3, 0.4) is 0 Å². The Kier molecular flexibility index (Phi) is 4.17. The molecule has 0 amide bonds. The Hall–Kier alpha value is -1.46. The standard InChI is InChI=1S/C14H18FNO3/c1-9-3-4-10(5-12(9)15)6-16(2)13-8-19-7-11(13)14(17)18/h3-5,11,13H,6-8H2,1-2H3,(H,17,18). The first-order valence-electron chi connectivity index (χ1n) is 6.25. The zero-order valence-corrected chi connectivity index (χ0v) is 11.1. The lowest BCUT2D eigenvalue weighted by molar-refractivity contribution is -0.143. The third kappa shape index (κ3) is 3.11. The van der Waals surface area contributed by atoms with E-state index in [1.807, 2.05) is 18.0 Å². The number of halogens is 1. The van der Waals surface area contributed by atoms with Crippen LogP contribution in [0, 0.1) is 18.7 Å². The first-order chi connectivity index (χ1) is 8.99. The van der Waals surface area contributed by atoms with Crippen molar-refractivity contribution in [2.24, 2.45) is 5.92 Å². The average Bonchev–Trinajstić information content (AvgIpc) is 2.83. The minimum Gasteiger partial charge on any atom is -0.481 e. The van der Waals surface area contributed by atoms with Crippen molar-refractivity contribution in [3.63, 3.8) is 0 Å². The van der Waals surface area contributed by atoms with E-state index in [4.69, 9.17) is 9.84 Å². The maximum absolute atomic E-state index is 13.5. The molecule has 104 valence electrons. The summed E-state index contributed by atoms with van der Waals surface area (Å²) in [6.45, 7) is 2.87. The molecule has 1 aliphatic heterocycles. The van der Waals surface area contributed by atoms with E-state index in [1.54, 1.807) is 13.0 Å². The van der Waals surface area contributed by atoms with Crippen molar-refractivity contribution < 1.29 is 19.0 Å². The molecule has 4 nitrogen and oxygen atoms in total. The number of carboxylic acids is 1. The van der Waals surface area contributed by atoms with Crippen LogP contribution in [0.5, 0.6) is 0 Å². The summed E-state index contributed by atoms with van der Waals surface area (Å²) in [6.07, 6.45) is 0. The Morgan fingerprint density at radius 1 is 1.53 bits per heavy atom. The fraction of sp³-hybridized carbons (Fsp3) is 0.500. The minimum absolute atomic E-state index is 0.165. The van der Waals surface area contributed by atoms with Crippen LogP contribution in [0.1, 0.15) is 11.1 Å². The lowest BCUT2D eigenvalue weighted by atomic mass is 10.0. The van der Waals surface area contributed by atoms with E-state index in [1.165, 1.54) is 6.07 Å². The van der Waals surface area contributed by atoms with Crippen molar-refractivity contribution in [2.45, 2.75) is 19.5 Å². The highest BCUT2D eigenvalue weighted by atomic mass is 19.1. The summed E-state index contributed by atoms with van der Waals surface area (Å²) in [4.78, 5) is 13.0. The molecular formula is C14H18FNO3. The molecule has 1 aromatic rings. The van der Waals surface area contributed by atoms with Gasteiger partial charge in [-0.3, -0.25) is 9.69 Å². The van der Waals surface area contributed by atoms with Crippen molar-refractivity contribution >= 4 is 5.97 Å². The molecule has 2 rings (SSSR count).